The Morgan fingerprint density at radius 2 is 1.86 bits per heavy atom. The second-order valence-electron chi connectivity index (χ2n) is 5.81. The molecule has 1 amide bonds. The van der Waals surface area contributed by atoms with Crippen LogP contribution in [0.15, 0.2) is 17.2 Å². The molecule has 22 heavy (non-hydrogen) atoms. The van der Waals surface area contributed by atoms with Crippen molar-refractivity contribution in [3.8, 4) is 0 Å². The second kappa shape index (κ2) is 5.41. The number of nitrogens with zero attached hydrogens (tertiary/aromatic N) is 2. The van der Waals surface area contributed by atoms with Crippen LogP contribution in [0.25, 0.3) is 0 Å². The first-order valence-electron chi connectivity index (χ1n) is 7.34. The van der Waals surface area contributed by atoms with Crippen LogP contribution in [-0.2, 0) is 9.53 Å². The fourth-order valence-corrected chi connectivity index (χ4v) is 3.88. The smallest absolute Gasteiger partial charge is 0.243 e. The molecule has 5 nitrogen and oxygen atoms in total. The molecule has 116 valence electrons. The molecule has 1 aromatic carbocycles. The first-order chi connectivity index (χ1) is 10.6. The Kier molecular flexibility index (Phi) is 3.51. The summed E-state index contributed by atoms with van der Waals surface area (Å²) >= 11 is 12.9. The van der Waals surface area contributed by atoms with E-state index < -0.39 is 0 Å². The van der Waals surface area contributed by atoms with Crippen molar-refractivity contribution < 1.29 is 9.53 Å². The molecule has 2 fully saturated rings. The van der Waals surface area contributed by atoms with Gasteiger partial charge in [0, 0.05) is 30.5 Å². The monoisotopic (exact) mass is 339 g/mol. The van der Waals surface area contributed by atoms with Crippen LogP contribution in [0.1, 0.15) is 12.0 Å². The number of ether oxygens (including phenoxy) is 1. The Bertz CT molecular complexity index is 648. The van der Waals surface area contributed by atoms with Gasteiger partial charge in [0.15, 0.2) is 0 Å². The standard InChI is InChI=1S/C15H15Cl2N3O2/c16-11-5-8(13-9-7-10(9)15(21)19-18-13)6-12(17)14(11)20-1-3-22-4-2-20/h5-6,9-10H,1-4,7H2,(H,19,21). The number of fused-ring (bicyclic) bond motifs is 1. The molecule has 1 saturated heterocycles. The topological polar surface area (TPSA) is 53.9 Å². The third kappa shape index (κ3) is 2.37. The molecule has 0 aromatic heterocycles. The van der Waals surface area contributed by atoms with Crippen molar-refractivity contribution in [2.75, 3.05) is 31.2 Å². The molecule has 0 bridgehead atoms. The number of rotatable bonds is 2. The Balaban J connectivity index is 1.67. The van der Waals surface area contributed by atoms with Crippen molar-refractivity contribution >= 4 is 40.5 Å². The lowest BCUT2D eigenvalue weighted by Gasteiger charge is -2.30. The highest BCUT2D eigenvalue weighted by Gasteiger charge is 2.49. The predicted molar refractivity (Wildman–Crippen MR) is 85.8 cm³/mol. The highest BCUT2D eigenvalue weighted by atomic mass is 35.5. The van der Waals surface area contributed by atoms with E-state index in [2.05, 4.69) is 15.4 Å². The van der Waals surface area contributed by atoms with Crippen LogP contribution < -0.4 is 10.3 Å². The van der Waals surface area contributed by atoms with E-state index >= 15 is 0 Å². The molecule has 1 aromatic rings. The van der Waals surface area contributed by atoms with E-state index in [9.17, 15) is 4.79 Å². The first-order valence-corrected chi connectivity index (χ1v) is 8.10. The van der Waals surface area contributed by atoms with Crippen molar-refractivity contribution in [3.63, 3.8) is 0 Å². The number of morpholine rings is 1. The van der Waals surface area contributed by atoms with E-state index in [-0.39, 0.29) is 17.7 Å². The lowest BCUT2D eigenvalue weighted by molar-refractivity contribution is -0.122. The highest BCUT2D eigenvalue weighted by molar-refractivity contribution is 6.40. The molecule has 1 aliphatic carbocycles. The van der Waals surface area contributed by atoms with Crippen LogP contribution in [-0.4, -0.2) is 37.9 Å². The van der Waals surface area contributed by atoms with Crippen molar-refractivity contribution in [1.29, 1.82) is 0 Å². The molecule has 2 unspecified atom stereocenters. The van der Waals surface area contributed by atoms with E-state index in [0.717, 1.165) is 36.5 Å². The molecule has 3 aliphatic rings. The number of halogens is 2. The summed E-state index contributed by atoms with van der Waals surface area (Å²) in [6, 6.07) is 3.79. The molecule has 4 rings (SSSR count). The van der Waals surface area contributed by atoms with E-state index in [1.165, 1.54) is 0 Å². The number of carbonyl (C=O) groups excluding carboxylic acids is 1. The Hall–Kier alpha value is -1.30. The number of hydrogen-bond donors (Lipinski definition) is 1. The van der Waals surface area contributed by atoms with Crippen molar-refractivity contribution in [2.24, 2.45) is 16.9 Å². The maximum absolute atomic E-state index is 11.5. The van der Waals surface area contributed by atoms with Gasteiger partial charge in [-0.25, -0.2) is 5.43 Å². The third-order valence-corrected chi connectivity index (χ3v) is 4.98. The van der Waals surface area contributed by atoms with Gasteiger partial charge in [-0.3, -0.25) is 4.79 Å². The van der Waals surface area contributed by atoms with Gasteiger partial charge in [0.2, 0.25) is 5.91 Å². The Morgan fingerprint density at radius 3 is 2.55 bits per heavy atom. The summed E-state index contributed by atoms with van der Waals surface area (Å²) in [5.41, 5.74) is 5.19. The van der Waals surface area contributed by atoms with E-state index in [4.69, 9.17) is 27.9 Å². The number of hydrogen-bond acceptors (Lipinski definition) is 4. The van der Waals surface area contributed by atoms with Crippen LogP contribution in [0, 0.1) is 11.8 Å². The zero-order valence-corrected chi connectivity index (χ0v) is 13.3. The molecule has 1 saturated carbocycles. The van der Waals surface area contributed by atoms with Gasteiger partial charge in [-0.05, 0) is 18.6 Å². The molecular weight excluding hydrogens is 325 g/mol. The highest BCUT2D eigenvalue weighted by Crippen LogP contribution is 2.45. The lowest BCUT2D eigenvalue weighted by Crippen LogP contribution is -2.36. The average Bonchev–Trinajstić information content (AvgIpc) is 3.29. The van der Waals surface area contributed by atoms with Crippen LogP contribution in [0.4, 0.5) is 5.69 Å². The Morgan fingerprint density at radius 1 is 1.18 bits per heavy atom. The van der Waals surface area contributed by atoms with Gasteiger partial charge < -0.3 is 9.64 Å². The van der Waals surface area contributed by atoms with Crippen LogP contribution in [0.3, 0.4) is 0 Å². The zero-order valence-electron chi connectivity index (χ0n) is 11.8. The minimum atomic E-state index is 0.0101. The first kappa shape index (κ1) is 14.3. The van der Waals surface area contributed by atoms with Crippen LogP contribution >= 0.6 is 23.2 Å². The number of anilines is 1. The fraction of sp³-hybridized carbons (Fsp3) is 0.467. The van der Waals surface area contributed by atoms with Crippen molar-refractivity contribution in [1.82, 2.24) is 5.43 Å². The third-order valence-electron chi connectivity index (χ3n) is 4.40. The zero-order chi connectivity index (χ0) is 15.3. The summed E-state index contributed by atoms with van der Waals surface area (Å²) in [5, 5.41) is 5.42. The number of nitrogens with one attached hydrogen (secondary N) is 1. The van der Waals surface area contributed by atoms with Gasteiger partial charge in [0.1, 0.15) is 0 Å². The van der Waals surface area contributed by atoms with Gasteiger partial charge in [-0.1, -0.05) is 23.2 Å². The van der Waals surface area contributed by atoms with Gasteiger partial charge in [-0.2, -0.15) is 5.10 Å². The molecule has 2 heterocycles. The summed E-state index contributed by atoms with van der Waals surface area (Å²) in [5.74, 6) is 0.273. The van der Waals surface area contributed by atoms with E-state index in [0.29, 0.717) is 23.3 Å². The molecule has 1 N–H and O–H groups in total. The number of amides is 1. The number of benzene rings is 1. The lowest BCUT2D eigenvalue weighted by atomic mass is 10.0. The summed E-state index contributed by atoms with van der Waals surface area (Å²) in [6.07, 6.45) is 0.852. The normalized spacial score (nSPS) is 27.1. The number of carbonyl (C=O) groups is 1. The SMILES string of the molecule is O=C1NN=C(c2cc(Cl)c(N3CCOCC3)c(Cl)c2)C2CC12. The van der Waals surface area contributed by atoms with Gasteiger partial charge in [0.05, 0.1) is 34.7 Å². The molecule has 2 atom stereocenters. The maximum atomic E-state index is 11.5. The summed E-state index contributed by atoms with van der Waals surface area (Å²) < 4.78 is 5.36. The Labute approximate surface area is 138 Å². The van der Waals surface area contributed by atoms with Crippen LogP contribution in [0.5, 0.6) is 0 Å². The van der Waals surface area contributed by atoms with E-state index in [1.54, 1.807) is 0 Å². The van der Waals surface area contributed by atoms with E-state index in [1.807, 2.05) is 12.1 Å². The second-order valence-corrected chi connectivity index (χ2v) is 6.62. The van der Waals surface area contributed by atoms with Gasteiger partial charge >= 0.3 is 0 Å². The maximum Gasteiger partial charge on any atom is 0.243 e. The minimum absolute atomic E-state index is 0.0101. The van der Waals surface area contributed by atoms with Crippen LogP contribution in [0.2, 0.25) is 10.0 Å². The average molecular weight is 340 g/mol. The van der Waals surface area contributed by atoms with Gasteiger partial charge in [0.25, 0.3) is 0 Å². The predicted octanol–water partition coefficient (Wildman–Crippen LogP) is 2.30. The van der Waals surface area contributed by atoms with Crippen molar-refractivity contribution in [2.45, 2.75) is 6.42 Å². The van der Waals surface area contributed by atoms with Gasteiger partial charge in [-0.15, -0.1) is 0 Å². The quantitative estimate of drug-likeness (QED) is 0.899. The molecule has 0 radical (unpaired) electrons. The molecule has 2 aliphatic heterocycles. The number of hydrazone groups is 1. The fourth-order valence-electron chi connectivity index (χ4n) is 3.15. The molecule has 0 spiro atoms. The largest absolute Gasteiger partial charge is 0.378 e. The van der Waals surface area contributed by atoms with Crippen molar-refractivity contribution in [3.05, 3.63) is 27.7 Å². The minimum Gasteiger partial charge on any atom is -0.378 e. The molecular formula is C15H15Cl2N3O2. The summed E-state index contributed by atoms with van der Waals surface area (Å²) in [7, 11) is 0. The summed E-state index contributed by atoms with van der Waals surface area (Å²) in [4.78, 5) is 13.7. The molecule has 7 heteroatoms. The summed E-state index contributed by atoms with van der Waals surface area (Å²) in [6.45, 7) is 2.91.